The van der Waals surface area contributed by atoms with Crippen molar-refractivity contribution in [1.29, 1.82) is 0 Å². The Balaban J connectivity index is 2.21. The van der Waals surface area contributed by atoms with Gasteiger partial charge in [0.05, 0.1) is 17.6 Å². The van der Waals surface area contributed by atoms with Gasteiger partial charge >= 0.3 is 0 Å². The summed E-state index contributed by atoms with van der Waals surface area (Å²) >= 11 is 0. The van der Waals surface area contributed by atoms with E-state index in [4.69, 9.17) is 4.74 Å². The Labute approximate surface area is 156 Å². The van der Waals surface area contributed by atoms with E-state index < -0.39 is 10.0 Å². The normalized spacial score (nSPS) is 17.9. The maximum Gasteiger partial charge on any atom is 0.255 e. The third kappa shape index (κ3) is 4.75. The zero-order valence-corrected chi connectivity index (χ0v) is 16.6. The largest absolute Gasteiger partial charge is 0.496 e. The van der Waals surface area contributed by atoms with Gasteiger partial charge in [-0.3, -0.25) is 4.79 Å². The summed E-state index contributed by atoms with van der Waals surface area (Å²) in [7, 11) is -2.16. The summed E-state index contributed by atoms with van der Waals surface area (Å²) in [5.41, 5.74) is 0.240. The van der Waals surface area contributed by atoms with Crippen molar-refractivity contribution in [3.63, 3.8) is 0 Å². The molecule has 1 atom stereocenters. The Morgan fingerprint density at radius 1 is 1.35 bits per heavy atom. The van der Waals surface area contributed by atoms with Crippen LogP contribution in [0.5, 0.6) is 5.75 Å². The maximum atomic E-state index is 12.7. The molecule has 0 radical (unpaired) electrons. The summed E-state index contributed by atoms with van der Waals surface area (Å²) in [6, 6.07) is 4.42. The second-order valence-corrected chi connectivity index (χ2v) is 8.31. The monoisotopic (exact) mass is 383 g/mol. The van der Waals surface area contributed by atoms with Crippen LogP contribution in [0.2, 0.25) is 0 Å². The van der Waals surface area contributed by atoms with Crippen molar-refractivity contribution in [1.82, 2.24) is 14.9 Å². The van der Waals surface area contributed by atoms with E-state index in [0.717, 1.165) is 25.9 Å². The molecule has 8 heteroatoms. The van der Waals surface area contributed by atoms with Crippen molar-refractivity contribution in [2.75, 3.05) is 39.8 Å². The van der Waals surface area contributed by atoms with Crippen LogP contribution in [0, 0.1) is 5.92 Å². The molecule has 0 aliphatic carbocycles. The molecule has 0 bridgehead atoms. The summed E-state index contributed by atoms with van der Waals surface area (Å²) in [5.74, 6) is 0.438. The molecule has 2 N–H and O–H groups in total. The molecular weight excluding hydrogens is 354 g/mol. The first-order chi connectivity index (χ1) is 12.4. The Bertz CT molecular complexity index is 711. The number of hydrogen-bond donors (Lipinski definition) is 2. The molecule has 1 saturated heterocycles. The fourth-order valence-corrected chi connectivity index (χ4v) is 4.65. The highest BCUT2D eigenvalue weighted by Crippen LogP contribution is 2.24. The third-order valence-electron chi connectivity index (χ3n) is 4.71. The summed E-state index contributed by atoms with van der Waals surface area (Å²) in [5, 5.41) is 6.23. The summed E-state index contributed by atoms with van der Waals surface area (Å²) in [6.45, 7) is 6.79. The van der Waals surface area contributed by atoms with Gasteiger partial charge in [0, 0.05) is 19.6 Å². The molecule has 26 heavy (non-hydrogen) atoms. The molecule has 1 heterocycles. The Hall–Kier alpha value is -1.64. The van der Waals surface area contributed by atoms with E-state index in [9.17, 15) is 13.2 Å². The molecule has 2 rings (SSSR count). The molecule has 1 aliphatic heterocycles. The molecule has 1 unspecified atom stereocenters. The van der Waals surface area contributed by atoms with Gasteiger partial charge in [0.15, 0.2) is 0 Å². The number of hydrogen-bond acceptors (Lipinski definition) is 5. The SMILES string of the molecule is CCN(CC)S(=O)(=O)c1ccc(OC)c(C(=O)NCC2CCCNC2)c1. The lowest BCUT2D eigenvalue weighted by atomic mass is 9.99. The number of nitrogens with zero attached hydrogens (tertiary/aromatic N) is 1. The number of piperidine rings is 1. The quantitative estimate of drug-likeness (QED) is 0.710. The standard InChI is InChI=1S/C18H29N3O4S/c1-4-21(5-2)26(23,24)15-8-9-17(25-3)16(11-15)18(22)20-13-14-7-6-10-19-12-14/h8-9,11,14,19H,4-7,10,12-13H2,1-3H3,(H,20,22). The summed E-state index contributed by atoms with van der Waals surface area (Å²) in [6.07, 6.45) is 2.17. The lowest BCUT2D eigenvalue weighted by Gasteiger charge is -2.23. The second kappa shape index (κ2) is 9.34. The van der Waals surface area contributed by atoms with Gasteiger partial charge in [-0.05, 0) is 50.0 Å². The van der Waals surface area contributed by atoms with E-state index in [1.807, 2.05) is 0 Å². The Kier molecular flexibility index (Phi) is 7.43. The van der Waals surface area contributed by atoms with Crippen molar-refractivity contribution in [2.45, 2.75) is 31.6 Å². The molecule has 0 spiro atoms. The van der Waals surface area contributed by atoms with Crippen LogP contribution in [0.3, 0.4) is 0 Å². The van der Waals surface area contributed by atoms with E-state index in [1.54, 1.807) is 13.8 Å². The highest BCUT2D eigenvalue weighted by Gasteiger charge is 2.25. The van der Waals surface area contributed by atoms with Crippen molar-refractivity contribution >= 4 is 15.9 Å². The molecule has 0 aromatic heterocycles. The number of nitrogens with one attached hydrogen (secondary N) is 2. The topological polar surface area (TPSA) is 87.7 Å². The highest BCUT2D eigenvalue weighted by molar-refractivity contribution is 7.89. The number of sulfonamides is 1. The van der Waals surface area contributed by atoms with Crippen LogP contribution in [0.25, 0.3) is 0 Å². The van der Waals surface area contributed by atoms with Crippen LogP contribution in [-0.4, -0.2) is 58.5 Å². The zero-order valence-electron chi connectivity index (χ0n) is 15.7. The molecular formula is C18H29N3O4S. The van der Waals surface area contributed by atoms with Crippen LogP contribution in [-0.2, 0) is 10.0 Å². The van der Waals surface area contributed by atoms with Crippen molar-refractivity contribution in [3.05, 3.63) is 23.8 Å². The van der Waals surface area contributed by atoms with Gasteiger partial charge in [-0.1, -0.05) is 13.8 Å². The minimum atomic E-state index is -3.63. The number of benzene rings is 1. The predicted molar refractivity (Wildman–Crippen MR) is 101 cm³/mol. The van der Waals surface area contributed by atoms with Gasteiger partial charge in [0.2, 0.25) is 10.0 Å². The average molecular weight is 384 g/mol. The maximum absolute atomic E-state index is 12.7. The lowest BCUT2D eigenvalue weighted by molar-refractivity contribution is 0.0941. The highest BCUT2D eigenvalue weighted by atomic mass is 32.2. The van der Waals surface area contributed by atoms with E-state index >= 15 is 0 Å². The smallest absolute Gasteiger partial charge is 0.255 e. The number of carbonyl (C=O) groups excluding carboxylic acids is 1. The summed E-state index contributed by atoms with van der Waals surface area (Å²) in [4.78, 5) is 12.7. The number of carbonyl (C=O) groups is 1. The molecule has 1 amide bonds. The van der Waals surface area contributed by atoms with Gasteiger partial charge in [0.25, 0.3) is 5.91 Å². The fourth-order valence-electron chi connectivity index (χ4n) is 3.17. The van der Waals surface area contributed by atoms with Gasteiger partial charge in [-0.15, -0.1) is 0 Å². The van der Waals surface area contributed by atoms with Crippen molar-refractivity contribution in [3.8, 4) is 5.75 Å². The van der Waals surface area contributed by atoms with Gasteiger partial charge in [0.1, 0.15) is 5.75 Å². The number of amides is 1. The lowest BCUT2D eigenvalue weighted by Crippen LogP contribution is -2.38. The number of methoxy groups -OCH3 is 1. The Morgan fingerprint density at radius 3 is 2.65 bits per heavy atom. The van der Waals surface area contributed by atoms with E-state index in [2.05, 4.69) is 10.6 Å². The number of ether oxygens (including phenoxy) is 1. The number of rotatable bonds is 8. The van der Waals surface area contributed by atoms with E-state index in [-0.39, 0.29) is 16.4 Å². The molecule has 146 valence electrons. The first kappa shape index (κ1) is 20.7. The van der Waals surface area contributed by atoms with Crippen molar-refractivity contribution in [2.24, 2.45) is 5.92 Å². The molecule has 1 aromatic carbocycles. The van der Waals surface area contributed by atoms with Gasteiger partial charge in [-0.2, -0.15) is 4.31 Å². The zero-order chi connectivity index (χ0) is 19.2. The average Bonchev–Trinajstić information content (AvgIpc) is 2.67. The van der Waals surface area contributed by atoms with Crippen LogP contribution < -0.4 is 15.4 Å². The minimum Gasteiger partial charge on any atom is -0.496 e. The van der Waals surface area contributed by atoms with Crippen LogP contribution in [0.15, 0.2) is 23.1 Å². The van der Waals surface area contributed by atoms with E-state index in [1.165, 1.54) is 29.6 Å². The van der Waals surface area contributed by atoms with Crippen molar-refractivity contribution < 1.29 is 17.9 Å². The molecule has 7 nitrogen and oxygen atoms in total. The second-order valence-electron chi connectivity index (χ2n) is 6.37. The third-order valence-corrected chi connectivity index (χ3v) is 6.75. The van der Waals surface area contributed by atoms with Gasteiger partial charge in [-0.25, -0.2) is 8.42 Å². The Morgan fingerprint density at radius 2 is 2.08 bits per heavy atom. The summed E-state index contributed by atoms with van der Waals surface area (Å²) < 4.78 is 32.1. The van der Waals surface area contributed by atoms with Crippen LogP contribution in [0.1, 0.15) is 37.0 Å². The first-order valence-electron chi connectivity index (χ1n) is 9.11. The molecule has 0 saturated carbocycles. The minimum absolute atomic E-state index is 0.103. The van der Waals surface area contributed by atoms with E-state index in [0.29, 0.717) is 31.3 Å². The van der Waals surface area contributed by atoms with Crippen LogP contribution in [0.4, 0.5) is 0 Å². The van der Waals surface area contributed by atoms with Crippen LogP contribution >= 0.6 is 0 Å². The molecule has 1 fully saturated rings. The fraction of sp³-hybridized carbons (Fsp3) is 0.611. The van der Waals surface area contributed by atoms with Gasteiger partial charge < -0.3 is 15.4 Å². The first-order valence-corrected chi connectivity index (χ1v) is 10.5. The molecule has 1 aromatic rings. The molecule has 1 aliphatic rings. The predicted octanol–water partition coefficient (Wildman–Crippen LogP) is 1.46.